The molecule has 0 saturated carbocycles. The van der Waals surface area contributed by atoms with Crippen LogP contribution < -0.4 is 5.32 Å². The molecule has 0 aromatic carbocycles. The first-order valence-electron chi connectivity index (χ1n) is 5.77. The molecule has 0 aromatic heterocycles. The molecule has 96 valence electrons. The SMILES string of the molecule is CNCCC(O)(CC=O)CCOC(C)(C)C. The molecular formula is C12H25NO3. The van der Waals surface area contributed by atoms with Crippen LogP contribution in [0.15, 0.2) is 0 Å². The largest absolute Gasteiger partial charge is 0.389 e. The van der Waals surface area contributed by atoms with Crippen molar-refractivity contribution in [3.63, 3.8) is 0 Å². The molecule has 1 unspecified atom stereocenters. The fourth-order valence-electron chi connectivity index (χ4n) is 1.39. The molecule has 0 saturated heterocycles. The number of nitrogens with one attached hydrogen (secondary N) is 1. The zero-order chi connectivity index (χ0) is 12.7. The number of rotatable bonds is 8. The highest BCUT2D eigenvalue weighted by molar-refractivity contribution is 5.51. The minimum Gasteiger partial charge on any atom is -0.389 e. The minimum absolute atomic E-state index is 0.169. The van der Waals surface area contributed by atoms with Crippen LogP contribution in [0.1, 0.15) is 40.0 Å². The van der Waals surface area contributed by atoms with E-state index in [9.17, 15) is 9.90 Å². The second kappa shape index (κ2) is 6.99. The van der Waals surface area contributed by atoms with Gasteiger partial charge in [0.2, 0.25) is 0 Å². The van der Waals surface area contributed by atoms with Crippen molar-refractivity contribution in [3.05, 3.63) is 0 Å². The molecule has 0 fully saturated rings. The third-order valence-corrected chi connectivity index (χ3v) is 2.41. The zero-order valence-corrected chi connectivity index (χ0v) is 10.9. The van der Waals surface area contributed by atoms with E-state index in [-0.39, 0.29) is 12.0 Å². The summed E-state index contributed by atoms with van der Waals surface area (Å²) in [5, 5.41) is 13.2. The van der Waals surface area contributed by atoms with Crippen molar-refractivity contribution in [2.24, 2.45) is 0 Å². The highest BCUT2D eigenvalue weighted by Gasteiger charge is 2.26. The van der Waals surface area contributed by atoms with Gasteiger partial charge in [-0.3, -0.25) is 0 Å². The quantitative estimate of drug-likeness (QED) is 0.615. The average Bonchev–Trinajstić information content (AvgIpc) is 2.13. The van der Waals surface area contributed by atoms with Crippen molar-refractivity contribution < 1.29 is 14.6 Å². The number of hydrogen-bond donors (Lipinski definition) is 2. The molecule has 0 bridgehead atoms. The van der Waals surface area contributed by atoms with Gasteiger partial charge in [0.1, 0.15) is 6.29 Å². The molecule has 0 aliphatic rings. The van der Waals surface area contributed by atoms with E-state index >= 15 is 0 Å². The second-order valence-electron chi connectivity index (χ2n) is 5.16. The Hall–Kier alpha value is -0.450. The van der Waals surface area contributed by atoms with Gasteiger partial charge in [0.05, 0.1) is 17.8 Å². The lowest BCUT2D eigenvalue weighted by Gasteiger charge is -2.28. The second-order valence-corrected chi connectivity index (χ2v) is 5.16. The molecule has 0 aliphatic carbocycles. The number of aliphatic hydroxyl groups is 1. The third-order valence-electron chi connectivity index (χ3n) is 2.41. The van der Waals surface area contributed by atoms with Crippen molar-refractivity contribution in [1.29, 1.82) is 0 Å². The number of carbonyl (C=O) groups excluding carboxylic acids is 1. The summed E-state index contributed by atoms with van der Waals surface area (Å²) in [5.41, 5.74) is -1.14. The Morgan fingerprint density at radius 1 is 1.31 bits per heavy atom. The van der Waals surface area contributed by atoms with Gasteiger partial charge in [-0.2, -0.15) is 0 Å². The zero-order valence-electron chi connectivity index (χ0n) is 10.9. The lowest BCUT2D eigenvalue weighted by Crippen LogP contribution is -2.35. The summed E-state index contributed by atoms with van der Waals surface area (Å²) in [7, 11) is 1.83. The highest BCUT2D eigenvalue weighted by Crippen LogP contribution is 2.20. The van der Waals surface area contributed by atoms with Crippen molar-refractivity contribution in [1.82, 2.24) is 5.32 Å². The molecule has 0 spiro atoms. The first kappa shape index (κ1) is 15.6. The van der Waals surface area contributed by atoms with Gasteiger partial charge in [-0.15, -0.1) is 0 Å². The van der Waals surface area contributed by atoms with E-state index in [1.807, 2.05) is 27.8 Å². The van der Waals surface area contributed by atoms with Crippen LogP contribution in [0.25, 0.3) is 0 Å². The topological polar surface area (TPSA) is 58.6 Å². The van der Waals surface area contributed by atoms with E-state index in [0.29, 0.717) is 26.0 Å². The first-order chi connectivity index (χ1) is 7.33. The minimum atomic E-state index is -0.935. The number of aldehydes is 1. The Labute approximate surface area is 98.4 Å². The molecule has 0 aliphatic heterocycles. The molecule has 4 heteroatoms. The summed E-state index contributed by atoms with van der Waals surface area (Å²) in [5.74, 6) is 0. The van der Waals surface area contributed by atoms with E-state index in [2.05, 4.69) is 5.32 Å². The summed E-state index contributed by atoms with van der Waals surface area (Å²) in [4.78, 5) is 10.5. The Balaban J connectivity index is 4.06. The predicted octanol–water partition coefficient (Wildman–Crippen LogP) is 1.12. The van der Waals surface area contributed by atoms with Gasteiger partial charge in [0.15, 0.2) is 0 Å². The van der Waals surface area contributed by atoms with Crippen LogP contribution in [0.3, 0.4) is 0 Å². The molecule has 4 nitrogen and oxygen atoms in total. The Morgan fingerprint density at radius 2 is 1.94 bits per heavy atom. The van der Waals surface area contributed by atoms with Gasteiger partial charge >= 0.3 is 0 Å². The molecule has 2 N–H and O–H groups in total. The van der Waals surface area contributed by atoms with Gasteiger partial charge in [-0.05, 0) is 47.2 Å². The Morgan fingerprint density at radius 3 is 2.38 bits per heavy atom. The summed E-state index contributed by atoms with van der Waals surface area (Å²) in [6.45, 7) is 7.08. The highest BCUT2D eigenvalue weighted by atomic mass is 16.5. The van der Waals surface area contributed by atoms with E-state index in [1.54, 1.807) is 0 Å². The van der Waals surface area contributed by atoms with Gasteiger partial charge in [0.25, 0.3) is 0 Å². The van der Waals surface area contributed by atoms with Gasteiger partial charge in [-0.1, -0.05) is 0 Å². The molecule has 0 rings (SSSR count). The summed E-state index contributed by atoms with van der Waals surface area (Å²) >= 11 is 0. The summed E-state index contributed by atoms with van der Waals surface area (Å²) < 4.78 is 5.55. The van der Waals surface area contributed by atoms with Crippen LogP contribution in [0, 0.1) is 0 Å². The van der Waals surface area contributed by atoms with Gasteiger partial charge < -0.3 is 20.0 Å². The molecule has 0 amide bonds. The maximum absolute atomic E-state index is 10.5. The van der Waals surface area contributed by atoms with Gasteiger partial charge in [-0.25, -0.2) is 0 Å². The monoisotopic (exact) mass is 231 g/mol. The van der Waals surface area contributed by atoms with E-state index in [0.717, 1.165) is 6.29 Å². The number of ether oxygens (including phenoxy) is 1. The Bertz CT molecular complexity index is 201. The lowest BCUT2D eigenvalue weighted by molar-refractivity contribution is -0.114. The van der Waals surface area contributed by atoms with Crippen LogP contribution in [0.5, 0.6) is 0 Å². The molecular weight excluding hydrogens is 206 g/mol. The fraction of sp³-hybridized carbons (Fsp3) is 0.917. The average molecular weight is 231 g/mol. The van der Waals surface area contributed by atoms with Crippen molar-refractivity contribution in [2.45, 2.75) is 51.2 Å². The van der Waals surface area contributed by atoms with Crippen LogP contribution >= 0.6 is 0 Å². The first-order valence-corrected chi connectivity index (χ1v) is 5.77. The number of carbonyl (C=O) groups is 1. The van der Waals surface area contributed by atoms with Crippen LogP contribution in [-0.4, -0.2) is 42.8 Å². The fourth-order valence-corrected chi connectivity index (χ4v) is 1.39. The van der Waals surface area contributed by atoms with E-state index in [1.165, 1.54) is 0 Å². The third kappa shape index (κ3) is 7.79. The molecule has 1 atom stereocenters. The molecule has 0 heterocycles. The van der Waals surface area contributed by atoms with E-state index < -0.39 is 5.60 Å². The Kier molecular flexibility index (Phi) is 6.79. The lowest BCUT2D eigenvalue weighted by atomic mass is 9.92. The number of hydrogen-bond acceptors (Lipinski definition) is 4. The molecule has 0 aromatic rings. The van der Waals surface area contributed by atoms with Crippen LogP contribution in [-0.2, 0) is 9.53 Å². The van der Waals surface area contributed by atoms with Crippen molar-refractivity contribution >= 4 is 6.29 Å². The van der Waals surface area contributed by atoms with Crippen LogP contribution in [0.2, 0.25) is 0 Å². The van der Waals surface area contributed by atoms with Crippen LogP contribution in [0.4, 0.5) is 0 Å². The molecule has 16 heavy (non-hydrogen) atoms. The standard InChI is InChI=1S/C12H25NO3/c1-11(2,3)16-10-7-12(15,6-9-14)5-8-13-4/h9,13,15H,5-8,10H2,1-4H3. The van der Waals surface area contributed by atoms with Gasteiger partial charge in [0, 0.05) is 6.42 Å². The summed E-state index contributed by atoms with van der Waals surface area (Å²) in [6, 6.07) is 0. The maximum Gasteiger partial charge on any atom is 0.122 e. The predicted molar refractivity (Wildman–Crippen MR) is 64.5 cm³/mol. The normalized spacial score (nSPS) is 15.8. The van der Waals surface area contributed by atoms with Crippen molar-refractivity contribution in [2.75, 3.05) is 20.2 Å². The van der Waals surface area contributed by atoms with E-state index in [4.69, 9.17) is 4.74 Å². The maximum atomic E-state index is 10.5. The van der Waals surface area contributed by atoms with Crippen molar-refractivity contribution in [3.8, 4) is 0 Å². The molecule has 0 radical (unpaired) electrons. The summed E-state index contributed by atoms with van der Waals surface area (Å²) in [6.07, 6.45) is 2.00. The smallest absolute Gasteiger partial charge is 0.122 e.